The summed E-state index contributed by atoms with van der Waals surface area (Å²) in [5, 5.41) is 5.34. The lowest BCUT2D eigenvalue weighted by atomic mass is 9.75. The molecule has 4 aromatic carbocycles. The molecule has 1 atom stereocenters. The third-order valence-electron chi connectivity index (χ3n) is 12.5. The predicted octanol–water partition coefficient (Wildman–Crippen LogP) is 12.2. The Bertz CT molecular complexity index is 2250. The van der Waals surface area contributed by atoms with Crippen molar-refractivity contribution in [2.45, 2.75) is 104 Å². The maximum atomic E-state index is 12.0. The molecule has 3 nitrogen and oxygen atoms in total. The second-order valence-electron chi connectivity index (χ2n) is 16.8. The van der Waals surface area contributed by atoms with E-state index < -0.39 is 0 Å². The van der Waals surface area contributed by atoms with Gasteiger partial charge in [0.25, 0.3) is 0 Å². The van der Waals surface area contributed by atoms with Gasteiger partial charge in [-0.05, 0) is 121 Å². The minimum absolute atomic E-state index is 0.0800. The largest absolute Gasteiger partial charge is 0.344 e. The Hall–Kier alpha value is -4.50. The van der Waals surface area contributed by atoms with E-state index in [0.717, 1.165) is 32.4 Å². The molecule has 2 heterocycles. The molecule has 0 radical (unpaired) electrons. The van der Waals surface area contributed by atoms with Crippen LogP contribution in [0.3, 0.4) is 0 Å². The average molecular weight is 688 g/mol. The molecule has 0 spiro atoms. The van der Waals surface area contributed by atoms with Gasteiger partial charge in [0.05, 0.1) is 5.41 Å². The average Bonchev–Trinajstić information content (AvgIpc) is 3.48. The van der Waals surface area contributed by atoms with Gasteiger partial charge in [-0.3, -0.25) is 0 Å². The number of fused-ring (bicyclic) bond motifs is 7. The molecule has 2 aliphatic heterocycles. The number of carbonyl (C=O) groups is 1. The molecule has 2 aliphatic carbocycles. The molecule has 4 aromatic rings. The Labute approximate surface area is 311 Å². The van der Waals surface area contributed by atoms with Crippen molar-refractivity contribution in [2.24, 2.45) is 5.92 Å². The number of unbranched alkanes of at least 4 members (excludes halogenated alkanes) is 1. The van der Waals surface area contributed by atoms with Gasteiger partial charge in [-0.15, -0.1) is 0 Å². The minimum Gasteiger partial charge on any atom is -0.344 e. The Morgan fingerprint density at radius 3 is 2.23 bits per heavy atom. The lowest BCUT2D eigenvalue weighted by Gasteiger charge is -2.31. The van der Waals surface area contributed by atoms with Crippen molar-refractivity contribution in [1.82, 2.24) is 0 Å². The third-order valence-corrected chi connectivity index (χ3v) is 12.5. The zero-order chi connectivity index (χ0) is 36.2. The zero-order valence-electron chi connectivity index (χ0n) is 32.2. The molecule has 266 valence electrons. The second kappa shape index (κ2) is 13.5. The van der Waals surface area contributed by atoms with E-state index in [0.29, 0.717) is 12.3 Å². The lowest BCUT2D eigenvalue weighted by molar-refractivity contribution is -0.438. The van der Waals surface area contributed by atoms with Crippen molar-refractivity contribution < 1.29 is 9.37 Å². The summed E-state index contributed by atoms with van der Waals surface area (Å²) in [6.07, 6.45) is 18.7. The Kier molecular flexibility index (Phi) is 8.97. The van der Waals surface area contributed by atoms with Crippen molar-refractivity contribution in [3.05, 3.63) is 131 Å². The number of hydrogen-bond acceptors (Lipinski definition) is 2. The number of Topliss-reactive ketones (excluding diaryl/α,β-unsaturated/α-hetero) is 1. The SMILES string of the molecule is CCCCN1C(=CC2=CC3=CC(=CC4=[N+](CCCC(C)=O)c5ccc6ccccc6c5C4(C)C)CCC3CC2)C(C)(C)c2c1ccc1ccccc21. The molecular formula is C49H55N2O+. The van der Waals surface area contributed by atoms with Gasteiger partial charge in [-0.25, -0.2) is 0 Å². The van der Waals surface area contributed by atoms with E-state index in [1.165, 1.54) is 97.9 Å². The van der Waals surface area contributed by atoms with Crippen LogP contribution in [0.4, 0.5) is 11.4 Å². The first kappa shape index (κ1) is 34.6. The van der Waals surface area contributed by atoms with Gasteiger partial charge in [-0.1, -0.05) is 93.9 Å². The molecule has 0 amide bonds. The van der Waals surface area contributed by atoms with Crippen molar-refractivity contribution >= 4 is 44.4 Å². The predicted molar refractivity (Wildman–Crippen MR) is 220 cm³/mol. The molecule has 4 aliphatic rings. The van der Waals surface area contributed by atoms with Gasteiger partial charge in [0.2, 0.25) is 5.69 Å². The van der Waals surface area contributed by atoms with E-state index in [9.17, 15) is 4.79 Å². The number of rotatable bonds is 9. The fourth-order valence-corrected chi connectivity index (χ4v) is 9.86. The molecular weight excluding hydrogens is 633 g/mol. The van der Waals surface area contributed by atoms with E-state index in [1.807, 2.05) is 0 Å². The van der Waals surface area contributed by atoms with Crippen LogP contribution in [0.1, 0.15) is 104 Å². The summed E-state index contributed by atoms with van der Waals surface area (Å²) < 4.78 is 2.53. The first-order valence-electron chi connectivity index (χ1n) is 19.9. The highest BCUT2D eigenvalue weighted by molar-refractivity contribution is 6.08. The summed E-state index contributed by atoms with van der Waals surface area (Å²) >= 11 is 0. The van der Waals surface area contributed by atoms with Crippen molar-refractivity contribution in [3.8, 4) is 0 Å². The summed E-state index contributed by atoms with van der Waals surface area (Å²) in [6, 6.07) is 27.0. The fraction of sp³-hybridized carbons (Fsp3) is 0.388. The van der Waals surface area contributed by atoms with Crippen LogP contribution in [0.25, 0.3) is 21.5 Å². The molecule has 0 aromatic heterocycles. The van der Waals surface area contributed by atoms with Crippen LogP contribution >= 0.6 is 0 Å². The lowest BCUT2D eigenvalue weighted by Crippen LogP contribution is -2.29. The van der Waals surface area contributed by atoms with Crippen molar-refractivity contribution in [2.75, 3.05) is 18.0 Å². The Morgan fingerprint density at radius 1 is 0.808 bits per heavy atom. The highest BCUT2D eigenvalue weighted by Gasteiger charge is 2.46. The van der Waals surface area contributed by atoms with Crippen molar-refractivity contribution in [1.29, 1.82) is 0 Å². The molecule has 0 N–H and O–H groups in total. The van der Waals surface area contributed by atoms with Gasteiger partial charge in [0.15, 0.2) is 5.71 Å². The molecule has 0 bridgehead atoms. The number of anilines is 1. The van der Waals surface area contributed by atoms with Gasteiger partial charge in [0, 0.05) is 53.9 Å². The highest BCUT2D eigenvalue weighted by atomic mass is 16.1. The minimum atomic E-state index is -0.151. The molecule has 0 saturated carbocycles. The van der Waals surface area contributed by atoms with Crippen molar-refractivity contribution in [3.63, 3.8) is 0 Å². The van der Waals surface area contributed by atoms with E-state index in [2.05, 4.69) is 141 Å². The third kappa shape index (κ3) is 5.91. The van der Waals surface area contributed by atoms with Crippen LogP contribution < -0.4 is 4.90 Å². The van der Waals surface area contributed by atoms with Crippen LogP contribution in [0.5, 0.6) is 0 Å². The molecule has 3 heteroatoms. The topological polar surface area (TPSA) is 23.3 Å². The second-order valence-corrected chi connectivity index (χ2v) is 16.8. The summed E-state index contributed by atoms with van der Waals surface area (Å²) in [4.78, 5) is 14.6. The number of ketones is 1. The first-order valence-corrected chi connectivity index (χ1v) is 19.9. The van der Waals surface area contributed by atoms with Gasteiger partial charge >= 0.3 is 0 Å². The Balaban J connectivity index is 1.18. The summed E-state index contributed by atoms with van der Waals surface area (Å²) in [5.41, 5.74) is 12.5. The normalized spacial score (nSPS) is 21.8. The molecule has 0 fully saturated rings. The number of allylic oxidation sites excluding steroid dienone is 8. The van der Waals surface area contributed by atoms with E-state index >= 15 is 0 Å². The molecule has 52 heavy (non-hydrogen) atoms. The van der Waals surface area contributed by atoms with Crippen LogP contribution in [0.2, 0.25) is 0 Å². The standard InChI is InChI=1S/C49H55N2O/c1-7-8-27-50-42-25-23-37-15-9-11-17-40(37)46(42)48(3,4)44(50)31-34-19-21-36-22-20-35(30-39(36)29-34)32-45-49(5,6)47-41-18-12-10-16-38(41)24-26-43(47)51(45)28-13-14-33(2)52/h9-12,15-18,23-26,29-32,36H,7-8,13-14,19-22,27-28H2,1-6H3/q+1. The zero-order valence-corrected chi connectivity index (χ0v) is 32.2. The highest BCUT2D eigenvalue weighted by Crippen LogP contribution is 2.52. The first-order chi connectivity index (χ1) is 25.1. The molecule has 0 saturated heterocycles. The van der Waals surface area contributed by atoms with Gasteiger partial charge in [-0.2, -0.15) is 4.58 Å². The smallest absolute Gasteiger partial charge is 0.210 e. The van der Waals surface area contributed by atoms with Crippen LogP contribution in [0.15, 0.2) is 120 Å². The maximum Gasteiger partial charge on any atom is 0.210 e. The number of nitrogens with zero attached hydrogens (tertiary/aromatic N) is 2. The summed E-state index contributed by atoms with van der Waals surface area (Å²) in [6.45, 7) is 15.6. The Morgan fingerprint density at radius 2 is 1.50 bits per heavy atom. The number of carbonyl (C=O) groups excluding carboxylic acids is 1. The molecule has 8 rings (SSSR count). The number of hydrogen-bond donors (Lipinski definition) is 0. The summed E-state index contributed by atoms with van der Waals surface area (Å²) in [7, 11) is 0. The van der Waals surface area contributed by atoms with Gasteiger partial charge in [0.1, 0.15) is 12.3 Å². The van der Waals surface area contributed by atoms with Crippen LogP contribution in [0, 0.1) is 5.92 Å². The monoisotopic (exact) mass is 687 g/mol. The van der Waals surface area contributed by atoms with Crippen LogP contribution in [-0.2, 0) is 15.6 Å². The van der Waals surface area contributed by atoms with E-state index in [-0.39, 0.29) is 16.6 Å². The maximum absolute atomic E-state index is 12.0. The van der Waals surface area contributed by atoms with Crippen LogP contribution in [-0.4, -0.2) is 29.2 Å². The number of benzene rings is 4. The van der Waals surface area contributed by atoms with Gasteiger partial charge < -0.3 is 9.69 Å². The van der Waals surface area contributed by atoms with E-state index in [1.54, 1.807) is 6.92 Å². The fourth-order valence-electron chi connectivity index (χ4n) is 9.86. The molecule has 1 unspecified atom stereocenters. The summed E-state index contributed by atoms with van der Waals surface area (Å²) in [5.74, 6) is 0.893. The van der Waals surface area contributed by atoms with E-state index in [4.69, 9.17) is 0 Å². The quantitative estimate of drug-likeness (QED) is 0.164.